The van der Waals surface area contributed by atoms with Gasteiger partial charge in [0.1, 0.15) is 18.5 Å². The van der Waals surface area contributed by atoms with Crippen molar-refractivity contribution in [1.82, 2.24) is 0 Å². The lowest BCUT2D eigenvalue weighted by molar-refractivity contribution is 0.202. The molecular formula is C12H16O3. The summed E-state index contributed by atoms with van der Waals surface area (Å²) in [5.74, 6) is 0.780. The molecule has 1 saturated heterocycles. The Morgan fingerprint density at radius 1 is 1.47 bits per heavy atom. The molecule has 2 rings (SSSR count). The first-order valence-corrected chi connectivity index (χ1v) is 4.97. The third kappa shape index (κ3) is 3.53. The molecule has 82 valence electrons. The third-order valence-corrected chi connectivity index (χ3v) is 2.18. The summed E-state index contributed by atoms with van der Waals surface area (Å²) in [5, 5.41) is 0. The molecular weight excluding hydrogens is 192 g/mol. The molecule has 1 fully saturated rings. The molecule has 3 heteroatoms. The van der Waals surface area contributed by atoms with Crippen molar-refractivity contribution in [2.75, 3.05) is 26.9 Å². The highest BCUT2D eigenvalue weighted by Crippen LogP contribution is 2.15. The molecule has 0 aromatic heterocycles. The molecule has 3 nitrogen and oxygen atoms in total. The minimum absolute atomic E-state index is 0.232. The minimum Gasteiger partial charge on any atom is -0.491 e. The quantitative estimate of drug-likeness (QED) is 0.669. The molecule has 0 spiro atoms. The zero-order valence-corrected chi connectivity index (χ0v) is 8.73. The Hall–Kier alpha value is -1.06. The highest BCUT2D eigenvalue weighted by molar-refractivity contribution is 5.27. The van der Waals surface area contributed by atoms with E-state index in [4.69, 9.17) is 17.0 Å². The van der Waals surface area contributed by atoms with E-state index in [1.54, 1.807) is 0 Å². The van der Waals surface area contributed by atoms with E-state index >= 15 is 0 Å². The lowest BCUT2D eigenvalue weighted by Crippen LogP contribution is -2.04. The summed E-state index contributed by atoms with van der Waals surface area (Å²) in [6.45, 7) is -0.255. The molecule has 0 saturated carbocycles. The largest absolute Gasteiger partial charge is 0.491 e. The van der Waals surface area contributed by atoms with Crippen molar-refractivity contribution in [3.8, 4) is 5.75 Å². The van der Waals surface area contributed by atoms with Crippen LogP contribution in [0.25, 0.3) is 0 Å². The second kappa shape index (κ2) is 5.14. The zero-order valence-electron chi connectivity index (χ0n) is 10.7. The van der Waals surface area contributed by atoms with Crippen LogP contribution in [0, 0.1) is 0 Å². The third-order valence-electron chi connectivity index (χ3n) is 2.18. The number of methoxy groups -OCH3 is 1. The van der Waals surface area contributed by atoms with Crippen molar-refractivity contribution in [3.63, 3.8) is 0 Å². The van der Waals surface area contributed by atoms with Gasteiger partial charge in [0.2, 0.25) is 0 Å². The number of benzene rings is 1. The number of ether oxygens (including phenoxy) is 3. The van der Waals surface area contributed by atoms with Gasteiger partial charge < -0.3 is 14.2 Å². The van der Waals surface area contributed by atoms with E-state index in [1.165, 1.54) is 7.11 Å². The van der Waals surface area contributed by atoms with Gasteiger partial charge in [-0.15, -0.1) is 0 Å². The Morgan fingerprint density at radius 2 is 2.20 bits per heavy atom. The van der Waals surface area contributed by atoms with Gasteiger partial charge in [-0.1, -0.05) is 12.1 Å². The Labute approximate surface area is 92.8 Å². The summed E-state index contributed by atoms with van der Waals surface area (Å²) >= 11 is 0. The summed E-state index contributed by atoms with van der Waals surface area (Å²) in [6.07, 6.45) is 0.479. The SMILES string of the molecule is [2H]C([2H])(Cc1ccc(OCC2CO2)cc1)OC. The van der Waals surface area contributed by atoms with Crippen molar-refractivity contribution in [1.29, 1.82) is 0 Å². The maximum atomic E-state index is 7.51. The van der Waals surface area contributed by atoms with Crippen LogP contribution in [0.1, 0.15) is 8.30 Å². The van der Waals surface area contributed by atoms with Gasteiger partial charge in [-0.3, -0.25) is 0 Å². The summed E-state index contributed by atoms with van der Waals surface area (Å²) in [4.78, 5) is 0. The highest BCUT2D eigenvalue weighted by atomic mass is 16.6. The van der Waals surface area contributed by atoms with Crippen molar-refractivity contribution >= 4 is 0 Å². The number of epoxide rings is 1. The van der Waals surface area contributed by atoms with E-state index in [9.17, 15) is 0 Å². The van der Waals surface area contributed by atoms with E-state index < -0.39 is 6.56 Å². The first-order valence-electron chi connectivity index (χ1n) is 5.97. The summed E-state index contributed by atoms with van der Waals surface area (Å²) in [6, 6.07) is 7.37. The van der Waals surface area contributed by atoms with Gasteiger partial charge in [-0.2, -0.15) is 0 Å². The fourth-order valence-electron chi connectivity index (χ4n) is 1.21. The summed E-state index contributed by atoms with van der Waals surface area (Å²) < 4.78 is 30.3. The molecule has 1 heterocycles. The molecule has 1 aliphatic heterocycles. The highest BCUT2D eigenvalue weighted by Gasteiger charge is 2.22. The van der Waals surface area contributed by atoms with E-state index in [1.807, 2.05) is 24.3 Å². The normalized spacial score (nSPS) is 21.8. The van der Waals surface area contributed by atoms with Gasteiger partial charge in [0.05, 0.1) is 15.9 Å². The van der Waals surface area contributed by atoms with Crippen LogP contribution in [-0.4, -0.2) is 33.0 Å². The molecule has 15 heavy (non-hydrogen) atoms. The van der Waals surface area contributed by atoms with Crippen LogP contribution >= 0.6 is 0 Å². The lowest BCUT2D eigenvalue weighted by atomic mass is 10.1. The Balaban J connectivity index is 1.87. The Bertz CT molecular complexity index is 361. The minimum atomic E-state index is -1.62. The predicted molar refractivity (Wildman–Crippen MR) is 57.3 cm³/mol. The second-order valence-electron chi connectivity index (χ2n) is 3.44. The molecule has 0 N–H and O–H groups in total. The average Bonchev–Trinajstić information content (AvgIpc) is 3.12. The molecule has 1 aromatic rings. The van der Waals surface area contributed by atoms with Crippen molar-refractivity contribution in [2.45, 2.75) is 12.5 Å². The fourth-order valence-corrected chi connectivity index (χ4v) is 1.21. The van der Waals surface area contributed by atoms with Crippen LogP contribution < -0.4 is 4.74 Å². The maximum Gasteiger partial charge on any atom is 0.119 e. The number of hydrogen-bond donors (Lipinski definition) is 0. The van der Waals surface area contributed by atoms with Crippen LogP contribution in [0.2, 0.25) is 0 Å². The lowest BCUT2D eigenvalue weighted by Gasteiger charge is -2.05. The van der Waals surface area contributed by atoms with Gasteiger partial charge in [-0.25, -0.2) is 0 Å². The number of aryl methyl sites for hydroxylation is 1. The van der Waals surface area contributed by atoms with Crippen LogP contribution in [0.15, 0.2) is 24.3 Å². The monoisotopic (exact) mass is 210 g/mol. The molecule has 0 amide bonds. The van der Waals surface area contributed by atoms with Gasteiger partial charge in [-0.05, 0) is 24.1 Å². The fraction of sp³-hybridized carbons (Fsp3) is 0.500. The van der Waals surface area contributed by atoms with Gasteiger partial charge in [0.15, 0.2) is 0 Å². The standard InChI is InChI=1S/C12H16O3/c1-13-7-6-10-2-4-11(5-3-10)14-8-12-9-15-12/h2-5,12H,6-9H2,1H3/i7D2. The van der Waals surface area contributed by atoms with Crippen molar-refractivity contribution in [3.05, 3.63) is 29.8 Å². The predicted octanol–water partition coefficient (Wildman–Crippen LogP) is 1.65. The molecule has 0 aliphatic carbocycles. The van der Waals surface area contributed by atoms with Crippen molar-refractivity contribution < 1.29 is 17.0 Å². The van der Waals surface area contributed by atoms with E-state index in [-0.39, 0.29) is 12.5 Å². The average molecular weight is 210 g/mol. The van der Waals surface area contributed by atoms with Crippen LogP contribution in [-0.2, 0) is 15.9 Å². The molecule has 0 radical (unpaired) electrons. The van der Waals surface area contributed by atoms with E-state index in [0.717, 1.165) is 17.9 Å². The molecule has 1 unspecified atom stereocenters. The Morgan fingerprint density at radius 3 is 2.80 bits per heavy atom. The smallest absolute Gasteiger partial charge is 0.119 e. The van der Waals surface area contributed by atoms with Crippen LogP contribution in [0.4, 0.5) is 0 Å². The first-order chi connectivity index (χ1) is 8.09. The molecule has 1 atom stereocenters. The van der Waals surface area contributed by atoms with Gasteiger partial charge in [0, 0.05) is 7.11 Å². The number of hydrogen-bond acceptors (Lipinski definition) is 3. The maximum absolute atomic E-state index is 7.51. The van der Waals surface area contributed by atoms with Gasteiger partial charge in [0.25, 0.3) is 0 Å². The second-order valence-corrected chi connectivity index (χ2v) is 3.44. The molecule has 1 aliphatic rings. The first kappa shape index (κ1) is 8.13. The number of rotatable bonds is 6. The summed E-state index contributed by atoms with van der Waals surface area (Å²) in [7, 11) is 1.37. The molecule has 0 bridgehead atoms. The van der Waals surface area contributed by atoms with Gasteiger partial charge >= 0.3 is 0 Å². The topological polar surface area (TPSA) is 31.0 Å². The Kier molecular flexibility index (Phi) is 2.79. The summed E-state index contributed by atoms with van der Waals surface area (Å²) in [5.41, 5.74) is 0.881. The van der Waals surface area contributed by atoms with Crippen molar-refractivity contribution in [2.24, 2.45) is 0 Å². The van der Waals surface area contributed by atoms with Crippen LogP contribution in [0.3, 0.4) is 0 Å². The van der Waals surface area contributed by atoms with E-state index in [0.29, 0.717) is 6.61 Å². The van der Waals surface area contributed by atoms with E-state index in [2.05, 4.69) is 0 Å². The molecule has 1 aromatic carbocycles. The van der Waals surface area contributed by atoms with Crippen LogP contribution in [0.5, 0.6) is 5.75 Å². The zero-order chi connectivity index (χ0) is 12.3.